The maximum Gasteiger partial charge on any atom is 0.231 e. The molecular weight excluding hydrogens is 308 g/mol. The molecule has 0 spiro atoms. The van der Waals surface area contributed by atoms with Gasteiger partial charge in [0, 0.05) is 25.0 Å². The quantitative estimate of drug-likeness (QED) is 0.608. The molecule has 1 heterocycles. The lowest BCUT2D eigenvalue weighted by molar-refractivity contribution is 0.855. The number of anilines is 3. The monoisotopic (exact) mass is 332 g/mol. The molecule has 0 fully saturated rings. The van der Waals surface area contributed by atoms with E-state index in [0.717, 1.165) is 43.4 Å². The molecule has 0 unspecified atom stereocenters. The van der Waals surface area contributed by atoms with E-state index in [2.05, 4.69) is 69.6 Å². The second-order valence-corrected chi connectivity index (χ2v) is 5.84. The van der Waals surface area contributed by atoms with Gasteiger partial charge >= 0.3 is 0 Å². The number of aryl methyl sites for hydroxylation is 1. The second kappa shape index (κ2) is 8.83. The summed E-state index contributed by atoms with van der Waals surface area (Å²) in [5, 5.41) is 3.41. The van der Waals surface area contributed by atoms with Crippen LogP contribution in [-0.4, -0.2) is 23.1 Å². The van der Waals surface area contributed by atoms with Gasteiger partial charge in [0.05, 0.1) is 0 Å². The maximum absolute atomic E-state index is 4.67. The van der Waals surface area contributed by atoms with E-state index >= 15 is 0 Å². The highest BCUT2D eigenvalue weighted by Crippen LogP contribution is 2.21. The molecule has 128 valence electrons. The highest BCUT2D eigenvalue weighted by molar-refractivity contribution is 5.58. The van der Waals surface area contributed by atoms with Crippen LogP contribution in [0.4, 0.5) is 17.5 Å². The predicted octanol–water partition coefficient (Wildman–Crippen LogP) is 4.68. The van der Waals surface area contributed by atoms with E-state index in [9.17, 15) is 0 Å². The lowest BCUT2D eigenvalue weighted by Crippen LogP contribution is -2.19. The number of rotatable bonds is 8. The first-order chi connectivity index (χ1) is 12.4. The predicted molar refractivity (Wildman–Crippen MR) is 104 cm³/mol. The van der Waals surface area contributed by atoms with Crippen LogP contribution in [-0.2, 0) is 6.42 Å². The molecule has 0 bridgehead atoms. The zero-order valence-corrected chi connectivity index (χ0v) is 14.6. The van der Waals surface area contributed by atoms with Gasteiger partial charge in [0.1, 0.15) is 5.82 Å². The van der Waals surface area contributed by atoms with E-state index in [1.165, 1.54) is 5.56 Å². The molecule has 3 rings (SSSR count). The SMILES string of the molecule is CCN(c1ccccc1)c1nccc(NCCCc2ccccc2)n1. The molecule has 4 nitrogen and oxygen atoms in total. The van der Waals surface area contributed by atoms with Crippen molar-refractivity contribution in [3.05, 3.63) is 78.5 Å². The van der Waals surface area contributed by atoms with Gasteiger partial charge in [-0.3, -0.25) is 0 Å². The molecule has 0 aliphatic carbocycles. The molecule has 3 aromatic rings. The fourth-order valence-electron chi connectivity index (χ4n) is 2.78. The van der Waals surface area contributed by atoms with Gasteiger partial charge in [-0.15, -0.1) is 0 Å². The number of nitrogens with zero attached hydrogens (tertiary/aromatic N) is 3. The van der Waals surface area contributed by atoms with Crippen molar-refractivity contribution in [2.75, 3.05) is 23.3 Å². The summed E-state index contributed by atoms with van der Waals surface area (Å²) in [5.41, 5.74) is 2.47. The van der Waals surface area contributed by atoms with Crippen molar-refractivity contribution >= 4 is 17.5 Å². The summed E-state index contributed by atoms with van der Waals surface area (Å²) < 4.78 is 0. The molecular formula is C21H24N4. The molecule has 1 N–H and O–H groups in total. The minimum absolute atomic E-state index is 0.724. The molecule has 2 aromatic carbocycles. The van der Waals surface area contributed by atoms with Crippen LogP contribution in [0.25, 0.3) is 0 Å². The number of aromatic nitrogens is 2. The van der Waals surface area contributed by atoms with E-state index in [1.54, 1.807) is 0 Å². The summed E-state index contributed by atoms with van der Waals surface area (Å²) in [7, 11) is 0. The van der Waals surface area contributed by atoms with Gasteiger partial charge in [0.25, 0.3) is 0 Å². The molecule has 0 amide bonds. The van der Waals surface area contributed by atoms with Crippen LogP contribution >= 0.6 is 0 Å². The Morgan fingerprint density at radius 2 is 1.64 bits per heavy atom. The van der Waals surface area contributed by atoms with Gasteiger partial charge in [-0.1, -0.05) is 48.5 Å². The van der Waals surface area contributed by atoms with Crippen molar-refractivity contribution in [3.8, 4) is 0 Å². The molecule has 25 heavy (non-hydrogen) atoms. The average Bonchev–Trinajstić information content (AvgIpc) is 2.68. The smallest absolute Gasteiger partial charge is 0.231 e. The van der Waals surface area contributed by atoms with Crippen molar-refractivity contribution in [2.24, 2.45) is 0 Å². The number of para-hydroxylation sites is 1. The second-order valence-electron chi connectivity index (χ2n) is 5.84. The van der Waals surface area contributed by atoms with Gasteiger partial charge in [0.15, 0.2) is 0 Å². The summed E-state index contributed by atoms with van der Waals surface area (Å²) in [6.45, 7) is 3.82. The third-order valence-corrected chi connectivity index (χ3v) is 4.06. The molecule has 4 heteroatoms. The Morgan fingerprint density at radius 1 is 0.920 bits per heavy atom. The molecule has 0 radical (unpaired) electrons. The first kappa shape index (κ1) is 17.0. The van der Waals surface area contributed by atoms with Gasteiger partial charge < -0.3 is 10.2 Å². The summed E-state index contributed by atoms with van der Waals surface area (Å²) in [5.74, 6) is 1.59. The Morgan fingerprint density at radius 3 is 2.36 bits per heavy atom. The van der Waals surface area contributed by atoms with Gasteiger partial charge in [-0.2, -0.15) is 4.98 Å². The van der Waals surface area contributed by atoms with Crippen LogP contribution in [0.5, 0.6) is 0 Å². The van der Waals surface area contributed by atoms with Crippen LogP contribution in [0.3, 0.4) is 0 Å². The Bertz CT molecular complexity index is 759. The molecule has 0 aliphatic heterocycles. The molecule has 0 saturated carbocycles. The topological polar surface area (TPSA) is 41.1 Å². The van der Waals surface area contributed by atoms with Crippen LogP contribution in [0.2, 0.25) is 0 Å². The van der Waals surface area contributed by atoms with E-state index in [0.29, 0.717) is 0 Å². The Labute approximate surface area is 149 Å². The third-order valence-electron chi connectivity index (χ3n) is 4.06. The fraction of sp³-hybridized carbons (Fsp3) is 0.238. The first-order valence-corrected chi connectivity index (χ1v) is 8.80. The van der Waals surface area contributed by atoms with E-state index in [4.69, 9.17) is 0 Å². The Kier molecular flexibility index (Phi) is 5.99. The van der Waals surface area contributed by atoms with Crippen LogP contribution in [0.1, 0.15) is 18.9 Å². The van der Waals surface area contributed by atoms with Crippen molar-refractivity contribution < 1.29 is 0 Å². The van der Waals surface area contributed by atoms with Gasteiger partial charge in [0.2, 0.25) is 5.95 Å². The van der Waals surface area contributed by atoms with Gasteiger partial charge in [-0.05, 0) is 43.5 Å². The molecule has 0 atom stereocenters. The number of nitrogens with one attached hydrogen (secondary N) is 1. The summed E-state index contributed by atoms with van der Waals surface area (Å²) in [4.78, 5) is 11.2. The molecule has 0 saturated heterocycles. The van der Waals surface area contributed by atoms with Crippen molar-refractivity contribution in [1.82, 2.24) is 9.97 Å². The Hall–Kier alpha value is -2.88. The number of hydrogen-bond acceptors (Lipinski definition) is 4. The summed E-state index contributed by atoms with van der Waals surface area (Å²) in [6.07, 6.45) is 3.95. The highest BCUT2D eigenvalue weighted by Gasteiger charge is 2.10. The number of hydrogen-bond donors (Lipinski definition) is 1. The van der Waals surface area contributed by atoms with E-state index in [1.807, 2.05) is 30.5 Å². The lowest BCUT2D eigenvalue weighted by Gasteiger charge is -2.21. The number of benzene rings is 2. The highest BCUT2D eigenvalue weighted by atomic mass is 15.3. The van der Waals surface area contributed by atoms with Crippen molar-refractivity contribution in [2.45, 2.75) is 19.8 Å². The molecule has 1 aromatic heterocycles. The summed E-state index contributed by atoms with van der Waals surface area (Å²) >= 11 is 0. The van der Waals surface area contributed by atoms with Crippen LogP contribution in [0.15, 0.2) is 72.9 Å². The minimum Gasteiger partial charge on any atom is -0.370 e. The molecule has 0 aliphatic rings. The first-order valence-electron chi connectivity index (χ1n) is 8.80. The summed E-state index contributed by atoms with van der Waals surface area (Å²) in [6, 6.07) is 22.7. The average molecular weight is 332 g/mol. The standard InChI is InChI=1S/C21H24N4/c1-2-25(19-13-7-4-8-14-19)21-23-17-15-20(24-21)22-16-9-12-18-10-5-3-6-11-18/h3-8,10-11,13-15,17H,2,9,12,16H2,1H3,(H,22,23,24). The zero-order valence-electron chi connectivity index (χ0n) is 14.6. The van der Waals surface area contributed by atoms with Crippen molar-refractivity contribution in [3.63, 3.8) is 0 Å². The van der Waals surface area contributed by atoms with Gasteiger partial charge in [-0.25, -0.2) is 4.98 Å². The van der Waals surface area contributed by atoms with Crippen LogP contribution < -0.4 is 10.2 Å². The largest absolute Gasteiger partial charge is 0.370 e. The van der Waals surface area contributed by atoms with Crippen molar-refractivity contribution in [1.29, 1.82) is 0 Å². The van der Waals surface area contributed by atoms with Crippen LogP contribution in [0, 0.1) is 0 Å². The van der Waals surface area contributed by atoms with E-state index < -0.39 is 0 Å². The third kappa shape index (κ3) is 4.80. The zero-order chi connectivity index (χ0) is 17.3. The lowest BCUT2D eigenvalue weighted by atomic mass is 10.1. The minimum atomic E-state index is 0.724. The maximum atomic E-state index is 4.67. The normalized spacial score (nSPS) is 10.4. The Balaban J connectivity index is 1.59. The van der Waals surface area contributed by atoms with E-state index in [-0.39, 0.29) is 0 Å². The fourth-order valence-corrected chi connectivity index (χ4v) is 2.78.